The van der Waals surface area contributed by atoms with Crippen LogP contribution in [0.25, 0.3) is 11.2 Å². The number of hydrogen-bond acceptors (Lipinski definition) is 2. The van der Waals surface area contributed by atoms with E-state index in [1.807, 2.05) is 0 Å². The van der Waals surface area contributed by atoms with Crippen molar-refractivity contribution in [3.8, 4) is 0 Å². The fourth-order valence-corrected chi connectivity index (χ4v) is 2.29. The van der Waals surface area contributed by atoms with Gasteiger partial charge in [0, 0.05) is 11.7 Å². The van der Waals surface area contributed by atoms with Crippen LogP contribution in [0.2, 0.25) is 0 Å². The van der Waals surface area contributed by atoms with E-state index in [1.165, 1.54) is 11.5 Å². The van der Waals surface area contributed by atoms with Crippen molar-refractivity contribution in [2.45, 2.75) is 38.4 Å². The van der Waals surface area contributed by atoms with Gasteiger partial charge in [-0.15, -0.1) is 11.6 Å². The second-order valence-electron chi connectivity index (χ2n) is 4.50. The highest BCUT2D eigenvalue weighted by Gasteiger charge is 2.32. The lowest BCUT2D eigenvalue weighted by atomic mass is 10.2. The standard InChI is InChI=1S/C12H13ClF3N3/c1-7-3-4-9-11(17-7)19(10(6-13)18-9)8(2)5-12(14,15)16/h3-4,8H,5-6H2,1-2H3. The van der Waals surface area contributed by atoms with Crippen molar-refractivity contribution in [2.75, 3.05) is 0 Å². The fraction of sp³-hybridized carbons (Fsp3) is 0.500. The van der Waals surface area contributed by atoms with Gasteiger partial charge in [0.05, 0.1) is 12.3 Å². The molecule has 2 aromatic rings. The number of pyridine rings is 1. The van der Waals surface area contributed by atoms with Crippen molar-refractivity contribution in [1.29, 1.82) is 0 Å². The van der Waals surface area contributed by atoms with Crippen molar-refractivity contribution in [3.63, 3.8) is 0 Å². The molecule has 1 atom stereocenters. The molecular formula is C12H13ClF3N3. The van der Waals surface area contributed by atoms with Crippen molar-refractivity contribution < 1.29 is 13.2 Å². The van der Waals surface area contributed by atoms with Gasteiger partial charge in [0.2, 0.25) is 0 Å². The van der Waals surface area contributed by atoms with E-state index in [4.69, 9.17) is 11.6 Å². The van der Waals surface area contributed by atoms with E-state index in [1.54, 1.807) is 19.1 Å². The maximum atomic E-state index is 12.5. The zero-order valence-electron chi connectivity index (χ0n) is 10.5. The van der Waals surface area contributed by atoms with E-state index in [0.29, 0.717) is 17.0 Å². The SMILES string of the molecule is Cc1ccc2nc(CCl)n(C(C)CC(F)(F)F)c2n1. The van der Waals surface area contributed by atoms with E-state index in [0.717, 1.165) is 5.69 Å². The number of hydrogen-bond donors (Lipinski definition) is 0. The lowest BCUT2D eigenvalue weighted by molar-refractivity contribution is -0.141. The Morgan fingerprint density at radius 1 is 1.32 bits per heavy atom. The van der Waals surface area contributed by atoms with Crippen molar-refractivity contribution in [2.24, 2.45) is 0 Å². The van der Waals surface area contributed by atoms with E-state index >= 15 is 0 Å². The smallest absolute Gasteiger partial charge is 0.309 e. The van der Waals surface area contributed by atoms with Gasteiger partial charge in [0.25, 0.3) is 0 Å². The van der Waals surface area contributed by atoms with Crippen LogP contribution in [0.15, 0.2) is 12.1 Å². The van der Waals surface area contributed by atoms with Crippen LogP contribution < -0.4 is 0 Å². The highest BCUT2D eigenvalue weighted by atomic mass is 35.5. The molecule has 0 aliphatic heterocycles. The molecule has 0 saturated heterocycles. The normalized spacial score (nSPS) is 14.0. The first-order valence-corrected chi connectivity index (χ1v) is 6.32. The van der Waals surface area contributed by atoms with E-state index < -0.39 is 18.6 Å². The molecule has 0 N–H and O–H groups in total. The molecule has 0 aliphatic rings. The fourth-order valence-electron chi connectivity index (χ4n) is 2.10. The van der Waals surface area contributed by atoms with Crippen LogP contribution in [0.5, 0.6) is 0 Å². The molecule has 0 radical (unpaired) electrons. The summed E-state index contributed by atoms with van der Waals surface area (Å²) in [7, 11) is 0. The number of aromatic nitrogens is 3. The minimum atomic E-state index is -4.23. The van der Waals surface area contributed by atoms with Crippen LogP contribution in [0.1, 0.15) is 30.9 Å². The average molecular weight is 292 g/mol. The molecule has 104 valence electrons. The lowest BCUT2D eigenvalue weighted by Crippen LogP contribution is -2.18. The second kappa shape index (κ2) is 5.00. The molecule has 2 aromatic heterocycles. The van der Waals surface area contributed by atoms with Gasteiger partial charge in [-0.3, -0.25) is 0 Å². The van der Waals surface area contributed by atoms with Crippen LogP contribution >= 0.6 is 11.6 Å². The van der Waals surface area contributed by atoms with E-state index in [-0.39, 0.29) is 5.88 Å². The summed E-state index contributed by atoms with van der Waals surface area (Å²) in [6, 6.07) is 2.73. The zero-order valence-corrected chi connectivity index (χ0v) is 11.3. The third-order valence-corrected chi connectivity index (χ3v) is 3.08. The number of nitrogens with zero attached hydrogens (tertiary/aromatic N) is 3. The average Bonchev–Trinajstić information content (AvgIpc) is 2.64. The molecule has 0 aromatic carbocycles. The molecule has 0 fully saturated rings. The Bertz CT molecular complexity index is 592. The largest absolute Gasteiger partial charge is 0.391 e. The Labute approximate surface area is 113 Å². The van der Waals surface area contributed by atoms with Gasteiger partial charge in [0.15, 0.2) is 5.65 Å². The van der Waals surface area contributed by atoms with Gasteiger partial charge < -0.3 is 4.57 Å². The van der Waals surface area contributed by atoms with Gasteiger partial charge in [-0.05, 0) is 26.0 Å². The maximum absolute atomic E-state index is 12.5. The maximum Gasteiger partial charge on any atom is 0.391 e. The van der Waals surface area contributed by atoms with E-state index in [2.05, 4.69) is 9.97 Å². The zero-order chi connectivity index (χ0) is 14.2. The van der Waals surface area contributed by atoms with Crippen molar-refractivity contribution in [3.05, 3.63) is 23.7 Å². The number of fused-ring (bicyclic) bond motifs is 1. The molecule has 0 aliphatic carbocycles. The van der Waals surface area contributed by atoms with Gasteiger partial charge in [-0.2, -0.15) is 13.2 Å². The summed E-state index contributed by atoms with van der Waals surface area (Å²) in [4.78, 5) is 8.49. The van der Waals surface area contributed by atoms with Crippen molar-refractivity contribution in [1.82, 2.24) is 14.5 Å². The van der Waals surface area contributed by atoms with E-state index in [9.17, 15) is 13.2 Å². The first kappa shape index (κ1) is 14.1. The molecule has 3 nitrogen and oxygen atoms in total. The molecule has 0 bridgehead atoms. The summed E-state index contributed by atoms with van der Waals surface area (Å²) in [6.45, 7) is 3.28. The first-order valence-electron chi connectivity index (χ1n) is 5.79. The molecule has 1 unspecified atom stereocenters. The Hall–Kier alpha value is -1.30. The molecule has 2 rings (SSSR count). The Balaban J connectivity index is 2.53. The number of rotatable bonds is 3. The summed E-state index contributed by atoms with van der Waals surface area (Å²) in [5, 5.41) is 0. The monoisotopic (exact) mass is 291 g/mol. The molecular weight excluding hydrogens is 279 g/mol. The number of alkyl halides is 4. The highest BCUT2D eigenvalue weighted by Crippen LogP contribution is 2.30. The first-order chi connectivity index (χ1) is 8.81. The lowest BCUT2D eigenvalue weighted by Gasteiger charge is -2.18. The molecule has 0 amide bonds. The van der Waals surface area contributed by atoms with Gasteiger partial charge >= 0.3 is 6.18 Å². The summed E-state index contributed by atoms with van der Waals surface area (Å²) in [5.74, 6) is 0.462. The predicted octanol–water partition coefficient (Wildman–Crippen LogP) is 3.99. The third kappa shape index (κ3) is 3.00. The van der Waals surface area contributed by atoms with Crippen LogP contribution in [-0.4, -0.2) is 20.7 Å². The van der Waals surface area contributed by atoms with Gasteiger partial charge in [-0.1, -0.05) is 0 Å². The molecule has 0 saturated carbocycles. The topological polar surface area (TPSA) is 30.7 Å². The Morgan fingerprint density at radius 3 is 2.58 bits per heavy atom. The molecule has 0 spiro atoms. The van der Waals surface area contributed by atoms with Crippen molar-refractivity contribution >= 4 is 22.8 Å². The summed E-state index contributed by atoms with van der Waals surface area (Å²) in [6.07, 6.45) is -5.17. The Kier molecular flexibility index (Phi) is 3.71. The molecule has 7 heteroatoms. The quantitative estimate of drug-likeness (QED) is 0.801. The minimum Gasteiger partial charge on any atom is -0.309 e. The summed E-state index contributed by atoms with van der Waals surface area (Å²) >= 11 is 5.77. The van der Waals surface area contributed by atoms with Gasteiger partial charge in [-0.25, -0.2) is 9.97 Å². The van der Waals surface area contributed by atoms with Crippen LogP contribution in [0.3, 0.4) is 0 Å². The van der Waals surface area contributed by atoms with Crippen LogP contribution in [0.4, 0.5) is 13.2 Å². The Morgan fingerprint density at radius 2 is 2.00 bits per heavy atom. The number of imidazole rings is 1. The molecule has 19 heavy (non-hydrogen) atoms. The number of halogens is 4. The van der Waals surface area contributed by atoms with Crippen LogP contribution in [-0.2, 0) is 5.88 Å². The summed E-state index contributed by atoms with van der Waals surface area (Å²) < 4.78 is 39.1. The molecule has 2 heterocycles. The highest BCUT2D eigenvalue weighted by molar-refractivity contribution is 6.16. The number of aryl methyl sites for hydroxylation is 1. The van der Waals surface area contributed by atoms with Crippen LogP contribution in [0, 0.1) is 6.92 Å². The van der Waals surface area contributed by atoms with Gasteiger partial charge in [0.1, 0.15) is 11.3 Å². The summed E-state index contributed by atoms with van der Waals surface area (Å²) in [5.41, 5.74) is 1.75. The second-order valence-corrected chi connectivity index (χ2v) is 4.76. The predicted molar refractivity (Wildman–Crippen MR) is 67.2 cm³/mol. The third-order valence-electron chi connectivity index (χ3n) is 2.84. The minimum absolute atomic E-state index is 0.0532.